The highest BCUT2D eigenvalue weighted by Crippen LogP contribution is 2.23. The molecule has 1 amide bonds. The Morgan fingerprint density at radius 1 is 1.28 bits per heavy atom. The second-order valence-corrected chi connectivity index (χ2v) is 4.78. The Balaban J connectivity index is 2.14. The van der Waals surface area contributed by atoms with E-state index in [0.29, 0.717) is 17.1 Å². The SMILES string of the molecule is COc1ccccc1NC(=O)/C(C#N)=C\Nc1cccc([N+](=O)[O-])c1. The molecular weight excluding hydrogens is 324 g/mol. The highest BCUT2D eigenvalue weighted by atomic mass is 16.6. The number of nitro groups is 1. The first kappa shape index (κ1) is 17.5. The van der Waals surface area contributed by atoms with Crippen molar-refractivity contribution in [3.05, 3.63) is 70.4 Å². The quantitative estimate of drug-likeness (QED) is 0.362. The molecule has 0 atom stereocenters. The Bertz CT molecular complexity index is 871. The molecule has 0 bridgehead atoms. The van der Waals surface area contributed by atoms with Gasteiger partial charge < -0.3 is 15.4 Å². The van der Waals surface area contributed by atoms with Gasteiger partial charge in [0.25, 0.3) is 11.6 Å². The number of hydrogen-bond acceptors (Lipinski definition) is 6. The van der Waals surface area contributed by atoms with Crippen molar-refractivity contribution < 1.29 is 14.5 Å². The number of amides is 1. The molecule has 0 fully saturated rings. The molecule has 2 rings (SSSR count). The number of benzene rings is 2. The van der Waals surface area contributed by atoms with Gasteiger partial charge in [-0.2, -0.15) is 5.26 Å². The van der Waals surface area contributed by atoms with Crippen LogP contribution in [-0.4, -0.2) is 17.9 Å². The Morgan fingerprint density at radius 2 is 2.04 bits per heavy atom. The van der Waals surface area contributed by atoms with Crippen LogP contribution >= 0.6 is 0 Å². The third kappa shape index (κ3) is 4.56. The molecule has 0 aliphatic carbocycles. The molecule has 2 N–H and O–H groups in total. The molecule has 8 heteroatoms. The Kier molecular flexibility index (Phi) is 5.68. The van der Waals surface area contributed by atoms with Crippen LogP contribution in [0.15, 0.2) is 60.3 Å². The highest BCUT2D eigenvalue weighted by molar-refractivity contribution is 6.07. The molecule has 2 aromatic carbocycles. The van der Waals surface area contributed by atoms with Crippen molar-refractivity contribution in [2.24, 2.45) is 0 Å². The van der Waals surface area contributed by atoms with Crippen LogP contribution in [0.5, 0.6) is 5.75 Å². The van der Waals surface area contributed by atoms with Gasteiger partial charge in [-0.3, -0.25) is 14.9 Å². The molecule has 8 nitrogen and oxygen atoms in total. The smallest absolute Gasteiger partial charge is 0.271 e. The number of para-hydroxylation sites is 2. The van der Waals surface area contributed by atoms with Crippen LogP contribution in [-0.2, 0) is 4.79 Å². The van der Waals surface area contributed by atoms with Crippen LogP contribution in [0, 0.1) is 21.4 Å². The summed E-state index contributed by atoms with van der Waals surface area (Å²) in [6.07, 6.45) is 1.18. The number of non-ortho nitro benzene ring substituents is 1. The van der Waals surface area contributed by atoms with Crippen molar-refractivity contribution in [1.82, 2.24) is 0 Å². The van der Waals surface area contributed by atoms with E-state index >= 15 is 0 Å². The van der Waals surface area contributed by atoms with Crippen molar-refractivity contribution >= 4 is 23.0 Å². The molecule has 0 saturated heterocycles. The largest absolute Gasteiger partial charge is 0.495 e. The van der Waals surface area contributed by atoms with Crippen molar-refractivity contribution in [3.63, 3.8) is 0 Å². The second-order valence-electron chi connectivity index (χ2n) is 4.78. The molecule has 25 heavy (non-hydrogen) atoms. The average molecular weight is 338 g/mol. The summed E-state index contributed by atoms with van der Waals surface area (Å²) in [6, 6.07) is 14.3. The van der Waals surface area contributed by atoms with Gasteiger partial charge in [-0.25, -0.2) is 0 Å². The maximum atomic E-state index is 12.2. The van der Waals surface area contributed by atoms with E-state index < -0.39 is 10.8 Å². The van der Waals surface area contributed by atoms with Crippen molar-refractivity contribution in [2.45, 2.75) is 0 Å². The van der Waals surface area contributed by atoms with Gasteiger partial charge in [0.2, 0.25) is 0 Å². The summed E-state index contributed by atoms with van der Waals surface area (Å²) >= 11 is 0. The van der Waals surface area contributed by atoms with Crippen LogP contribution in [0.4, 0.5) is 17.1 Å². The van der Waals surface area contributed by atoms with Gasteiger partial charge in [0.1, 0.15) is 17.4 Å². The fourth-order valence-corrected chi connectivity index (χ4v) is 1.95. The molecule has 0 radical (unpaired) electrons. The topological polar surface area (TPSA) is 117 Å². The van der Waals surface area contributed by atoms with Crippen molar-refractivity contribution in [3.8, 4) is 11.8 Å². The van der Waals surface area contributed by atoms with Crippen LogP contribution < -0.4 is 15.4 Å². The number of nitrogens with one attached hydrogen (secondary N) is 2. The molecule has 0 aliphatic rings. The zero-order valence-electron chi connectivity index (χ0n) is 13.2. The molecule has 0 unspecified atom stereocenters. The molecule has 0 heterocycles. The number of carbonyl (C=O) groups is 1. The van der Waals surface area contributed by atoms with Crippen molar-refractivity contribution in [1.29, 1.82) is 5.26 Å². The van der Waals surface area contributed by atoms with Gasteiger partial charge in [-0.05, 0) is 18.2 Å². The summed E-state index contributed by atoms with van der Waals surface area (Å²) in [5.74, 6) is -0.176. The maximum Gasteiger partial charge on any atom is 0.271 e. The minimum Gasteiger partial charge on any atom is -0.495 e. The first-order valence-corrected chi connectivity index (χ1v) is 7.10. The fraction of sp³-hybridized carbons (Fsp3) is 0.0588. The Labute approximate surface area is 143 Å². The lowest BCUT2D eigenvalue weighted by Gasteiger charge is -2.09. The minimum absolute atomic E-state index is 0.101. The summed E-state index contributed by atoms with van der Waals surface area (Å²) in [7, 11) is 1.47. The number of nitriles is 1. The molecule has 0 aliphatic heterocycles. The van der Waals surface area contributed by atoms with E-state index in [4.69, 9.17) is 10.00 Å². The van der Waals surface area contributed by atoms with E-state index in [2.05, 4.69) is 10.6 Å². The zero-order chi connectivity index (χ0) is 18.2. The predicted molar refractivity (Wildman–Crippen MR) is 92.0 cm³/mol. The summed E-state index contributed by atoms with van der Waals surface area (Å²) in [6.45, 7) is 0. The third-order valence-corrected chi connectivity index (χ3v) is 3.16. The molecule has 2 aromatic rings. The summed E-state index contributed by atoms with van der Waals surface area (Å²) in [4.78, 5) is 22.4. The standard InChI is InChI=1S/C17H14N4O4/c1-25-16-8-3-2-7-15(16)20-17(22)12(10-18)11-19-13-5-4-6-14(9-13)21(23)24/h2-9,11,19H,1H3,(H,20,22)/b12-11-. The number of hydrogen-bond donors (Lipinski definition) is 2. The molecular formula is C17H14N4O4. The number of nitro benzene ring substituents is 1. The molecule has 0 spiro atoms. The second kappa shape index (κ2) is 8.12. The lowest BCUT2D eigenvalue weighted by atomic mass is 10.2. The number of rotatable bonds is 6. The number of carbonyl (C=O) groups excluding carboxylic acids is 1. The zero-order valence-corrected chi connectivity index (χ0v) is 13.2. The predicted octanol–water partition coefficient (Wildman–Crippen LogP) is 3.06. The first-order valence-electron chi connectivity index (χ1n) is 7.10. The van der Waals surface area contributed by atoms with Crippen molar-refractivity contribution in [2.75, 3.05) is 17.7 Å². The lowest BCUT2D eigenvalue weighted by Crippen LogP contribution is -2.15. The highest BCUT2D eigenvalue weighted by Gasteiger charge is 2.12. The summed E-state index contributed by atoms with van der Waals surface area (Å²) < 4.78 is 5.13. The van der Waals surface area contributed by atoms with Crippen LogP contribution in [0.1, 0.15) is 0 Å². The molecule has 0 aromatic heterocycles. The van der Waals surface area contributed by atoms with E-state index in [1.807, 2.05) is 0 Å². The Morgan fingerprint density at radius 3 is 2.72 bits per heavy atom. The fourth-order valence-electron chi connectivity index (χ4n) is 1.95. The van der Waals surface area contributed by atoms with Gasteiger partial charge in [0.15, 0.2) is 0 Å². The lowest BCUT2D eigenvalue weighted by molar-refractivity contribution is -0.384. The number of methoxy groups -OCH3 is 1. The van der Waals surface area contributed by atoms with Gasteiger partial charge in [-0.15, -0.1) is 0 Å². The first-order chi connectivity index (χ1) is 12.0. The van der Waals surface area contributed by atoms with Gasteiger partial charge in [-0.1, -0.05) is 18.2 Å². The van der Waals surface area contributed by atoms with E-state index in [1.165, 1.54) is 31.5 Å². The monoisotopic (exact) mass is 338 g/mol. The van der Waals surface area contributed by atoms with E-state index in [0.717, 1.165) is 0 Å². The molecule has 126 valence electrons. The van der Waals surface area contributed by atoms with Gasteiger partial charge in [0, 0.05) is 24.0 Å². The number of ether oxygens (including phenoxy) is 1. The minimum atomic E-state index is -0.634. The van der Waals surface area contributed by atoms with Gasteiger partial charge >= 0.3 is 0 Å². The van der Waals surface area contributed by atoms with Crippen LogP contribution in [0.2, 0.25) is 0 Å². The van der Waals surface area contributed by atoms with E-state index in [9.17, 15) is 14.9 Å². The third-order valence-electron chi connectivity index (χ3n) is 3.16. The number of anilines is 2. The Hall–Kier alpha value is -3.86. The average Bonchev–Trinajstić information content (AvgIpc) is 2.63. The van der Waals surface area contributed by atoms with E-state index in [1.54, 1.807) is 36.4 Å². The molecule has 0 saturated carbocycles. The van der Waals surface area contributed by atoms with E-state index in [-0.39, 0.29) is 11.3 Å². The normalized spacial score (nSPS) is 10.5. The summed E-state index contributed by atoms with van der Waals surface area (Å²) in [5, 5.41) is 25.2. The van der Waals surface area contributed by atoms with Crippen LogP contribution in [0.25, 0.3) is 0 Å². The maximum absolute atomic E-state index is 12.2. The van der Waals surface area contributed by atoms with Crippen LogP contribution in [0.3, 0.4) is 0 Å². The van der Waals surface area contributed by atoms with Gasteiger partial charge in [0.05, 0.1) is 17.7 Å². The summed E-state index contributed by atoms with van der Waals surface area (Å²) in [5.41, 5.74) is 0.506. The number of nitrogens with zero attached hydrogens (tertiary/aromatic N) is 2.